The van der Waals surface area contributed by atoms with Gasteiger partial charge in [0.25, 0.3) is 5.69 Å². The topological polar surface area (TPSA) is 96.6 Å². The standard InChI is InChI=1S/C14H13N3O4/c18-14(19)9-5-7-16(8-9)11-3-4-12(17(20)21)13-10(11)2-1-6-15-13/h1-4,6,9H,5,7-8H2,(H,18,19). The molecule has 1 fully saturated rings. The first-order valence-corrected chi connectivity index (χ1v) is 6.58. The third-order valence-corrected chi connectivity index (χ3v) is 3.80. The first-order valence-electron chi connectivity index (χ1n) is 6.58. The van der Waals surface area contributed by atoms with Crippen LogP contribution in [0.25, 0.3) is 10.9 Å². The number of aromatic nitrogens is 1. The molecule has 0 spiro atoms. The lowest BCUT2D eigenvalue weighted by Gasteiger charge is -2.19. The highest BCUT2D eigenvalue weighted by Crippen LogP contribution is 2.34. The molecule has 0 amide bonds. The molecule has 1 aromatic heterocycles. The molecule has 1 aliphatic heterocycles. The molecule has 1 N–H and O–H groups in total. The number of anilines is 1. The zero-order valence-corrected chi connectivity index (χ0v) is 11.1. The highest BCUT2D eigenvalue weighted by Gasteiger charge is 2.29. The van der Waals surface area contributed by atoms with Crippen molar-refractivity contribution < 1.29 is 14.8 Å². The van der Waals surface area contributed by atoms with E-state index >= 15 is 0 Å². The van der Waals surface area contributed by atoms with Crippen LogP contribution in [-0.2, 0) is 4.79 Å². The van der Waals surface area contributed by atoms with Gasteiger partial charge in [0.05, 0.1) is 10.8 Å². The molecule has 108 valence electrons. The van der Waals surface area contributed by atoms with E-state index in [2.05, 4.69) is 4.98 Å². The average molecular weight is 287 g/mol. The lowest BCUT2D eigenvalue weighted by Crippen LogP contribution is -2.22. The van der Waals surface area contributed by atoms with Crippen molar-refractivity contribution >= 4 is 28.2 Å². The van der Waals surface area contributed by atoms with Crippen LogP contribution >= 0.6 is 0 Å². The molecule has 1 aromatic carbocycles. The van der Waals surface area contributed by atoms with Crippen molar-refractivity contribution in [2.75, 3.05) is 18.0 Å². The van der Waals surface area contributed by atoms with E-state index in [1.807, 2.05) is 4.90 Å². The fourth-order valence-corrected chi connectivity index (χ4v) is 2.75. The number of carboxylic acid groups (broad SMARTS) is 1. The number of carbonyl (C=O) groups is 1. The van der Waals surface area contributed by atoms with E-state index in [1.54, 1.807) is 18.2 Å². The van der Waals surface area contributed by atoms with Gasteiger partial charge < -0.3 is 10.0 Å². The maximum absolute atomic E-state index is 11.1. The van der Waals surface area contributed by atoms with Crippen molar-refractivity contribution in [3.63, 3.8) is 0 Å². The fourth-order valence-electron chi connectivity index (χ4n) is 2.75. The van der Waals surface area contributed by atoms with Gasteiger partial charge in [-0.1, -0.05) is 0 Å². The van der Waals surface area contributed by atoms with Crippen molar-refractivity contribution in [1.82, 2.24) is 4.98 Å². The van der Waals surface area contributed by atoms with E-state index in [9.17, 15) is 14.9 Å². The summed E-state index contributed by atoms with van der Waals surface area (Å²) in [5.41, 5.74) is 1.09. The van der Waals surface area contributed by atoms with Gasteiger partial charge in [-0.05, 0) is 24.6 Å². The second-order valence-electron chi connectivity index (χ2n) is 5.03. The SMILES string of the molecule is O=C(O)C1CCN(c2ccc([N+](=O)[O-])c3ncccc23)C1. The number of hydrogen-bond acceptors (Lipinski definition) is 5. The van der Waals surface area contributed by atoms with Crippen LogP contribution in [-0.4, -0.2) is 34.1 Å². The smallest absolute Gasteiger partial charge is 0.308 e. The minimum Gasteiger partial charge on any atom is -0.481 e. The molecule has 0 aliphatic carbocycles. The Morgan fingerprint density at radius 2 is 2.24 bits per heavy atom. The number of fused-ring (bicyclic) bond motifs is 1. The first-order chi connectivity index (χ1) is 10.1. The second kappa shape index (κ2) is 5.01. The predicted octanol–water partition coefficient (Wildman–Crippen LogP) is 2.05. The van der Waals surface area contributed by atoms with Gasteiger partial charge in [-0.15, -0.1) is 0 Å². The highest BCUT2D eigenvalue weighted by atomic mass is 16.6. The summed E-state index contributed by atoms with van der Waals surface area (Å²) in [6.45, 7) is 1.04. The summed E-state index contributed by atoms with van der Waals surface area (Å²) in [7, 11) is 0. The van der Waals surface area contributed by atoms with E-state index < -0.39 is 16.8 Å². The molecular weight excluding hydrogens is 274 g/mol. The lowest BCUT2D eigenvalue weighted by molar-refractivity contribution is -0.383. The summed E-state index contributed by atoms with van der Waals surface area (Å²) in [6.07, 6.45) is 2.09. The number of non-ortho nitro benzene ring substituents is 1. The van der Waals surface area contributed by atoms with Crippen LogP contribution < -0.4 is 4.90 Å². The number of nitro groups is 1. The van der Waals surface area contributed by atoms with Gasteiger partial charge in [0.2, 0.25) is 0 Å². The Bertz CT molecular complexity index is 731. The van der Waals surface area contributed by atoms with Gasteiger partial charge in [0, 0.05) is 36.4 Å². The minimum absolute atomic E-state index is 0.0386. The molecule has 1 atom stereocenters. The van der Waals surface area contributed by atoms with E-state index in [-0.39, 0.29) is 5.69 Å². The van der Waals surface area contributed by atoms with Gasteiger partial charge in [-0.3, -0.25) is 14.9 Å². The van der Waals surface area contributed by atoms with E-state index in [0.717, 1.165) is 5.69 Å². The Balaban J connectivity index is 2.07. The maximum Gasteiger partial charge on any atom is 0.308 e. The molecule has 0 radical (unpaired) electrons. The normalized spacial score (nSPS) is 18.1. The molecule has 3 rings (SSSR count). The number of carboxylic acids is 1. The fraction of sp³-hybridized carbons (Fsp3) is 0.286. The minimum atomic E-state index is -0.804. The summed E-state index contributed by atoms with van der Waals surface area (Å²) < 4.78 is 0. The zero-order chi connectivity index (χ0) is 15.0. The van der Waals surface area contributed by atoms with Crippen LogP contribution in [0.2, 0.25) is 0 Å². The van der Waals surface area contributed by atoms with Gasteiger partial charge in [-0.25, -0.2) is 4.98 Å². The molecule has 1 saturated heterocycles. The Hall–Kier alpha value is -2.70. The van der Waals surface area contributed by atoms with E-state index in [0.29, 0.717) is 30.4 Å². The van der Waals surface area contributed by atoms with Gasteiger partial charge in [0.15, 0.2) is 0 Å². The quantitative estimate of drug-likeness (QED) is 0.685. The van der Waals surface area contributed by atoms with Crippen LogP contribution in [0.3, 0.4) is 0 Å². The first kappa shape index (κ1) is 13.3. The summed E-state index contributed by atoms with van der Waals surface area (Å²) >= 11 is 0. The third kappa shape index (κ3) is 2.26. The van der Waals surface area contributed by atoms with Gasteiger partial charge in [-0.2, -0.15) is 0 Å². The van der Waals surface area contributed by atoms with Gasteiger partial charge >= 0.3 is 5.97 Å². The van der Waals surface area contributed by atoms with E-state index in [4.69, 9.17) is 5.11 Å². The highest BCUT2D eigenvalue weighted by molar-refractivity contribution is 5.97. The molecule has 2 heterocycles. The lowest BCUT2D eigenvalue weighted by atomic mass is 10.1. The Morgan fingerprint density at radius 3 is 2.90 bits per heavy atom. The number of hydrogen-bond donors (Lipinski definition) is 1. The molecule has 0 saturated carbocycles. The number of pyridine rings is 1. The average Bonchev–Trinajstić information content (AvgIpc) is 2.95. The number of nitro benzene ring substituents is 1. The summed E-state index contributed by atoms with van der Waals surface area (Å²) in [5, 5.41) is 20.8. The van der Waals surface area contributed by atoms with Crippen LogP contribution in [0.15, 0.2) is 30.5 Å². The van der Waals surface area contributed by atoms with Crippen molar-refractivity contribution in [2.45, 2.75) is 6.42 Å². The summed E-state index contributed by atoms with van der Waals surface area (Å²) in [6, 6.07) is 6.60. The zero-order valence-electron chi connectivity index (χ0n) is 11.1. The summed E-state index contributed by atoms with van der Waals surface area (Å²) in [4.78, 5) is 27.7. The molecule has 21 heavy (non-hydrogen) atoms. The Labute approximate surface area is 120 Å². The van der Waals surface area contributed by atoms with Crippen LogP contribution in [0.1, 0.15) is 6.42 Å². The van der Waals surface area contributed by atoms with Gasteiger partial charge in [0.1, 0.15) is 5.52 Å². The third-order valence-electron chi connectivity index (χ3n) is 3.80. The van der Waals surface area contributed by atoms with E-state index in [1.165, 1.54) is 12.3 Å². The number of benzene rings is 1. The Morgan fingerprint density at radius 1 is 1.43 bits per heavy atom. The molecular formula is C14H13N3O4. The number of aliphatic carboxylic acids is 1. The molecule has 7 heteroatoms. The van der Waals surface area contributed by atoms with Crippen molar-refractivity contribution in [1.29, 1.82) is 0 Å². The maximum atomic E-state index is 11.1. The monoisotopic (exact) mass is 287 g/mol. The molecule has 0 bridgehead atoms. The summed E-state index contributed by atoms with van der Waals surface area (Å²) in [5.74, 6) is -1.20. The van der Waals surface area contributed by atoms with Crippen LogP contribution in [0, 0.1) is 16.0 Å². The predicted molar refractivity (Wildman–Crippen MR) is 76.4 cm³/mol. The van der Waals surface area contributed by atoms with Crippen molar-refractivity contribution in [3.8, 4) is 0 Å². The molecule has 1 aliphatic rings. The molecule has 2 aromatic rings. The molecule has 1 unspecified atom stereocenters. The second-order valence-corrected chi connectivity index (χ2v) is 5.03. The molecule has 7 nitrogen and oxygen atoms in total. The van der Waals surface area contributed by atoms with Crippen molar-refractivity contribution in [2.24, 2.45) is 5.92 Å². The van der Waals surface area contributed by atoms with Crippen LogP contribution in [0.5, 0.6) is 0 Å². The van der Waals surface area contributed by atoms with Crippen molar-refractivity contribution in [3.05, 3.63) is 40.6 Å². The Kier molecular flexibility index (Phi) is 3.17. The largest absolute Gasteiger partial charge is 0.481 e. The van der Waals surface area contributed by atoms with Crippen LogP contribution in [0.4, 0.5) is 11.4 Å². The number of nitrogens with zero attached hydrogens (tertiary/aromatic N) is 3. The number of rotatable bonds is 3.